The standard InChI is InChI=1S/C36H52O6/c1-4-6-8-10-11-12-13-14-16-17-27-40-32-23-21-31(22-24-32)36(38)42-33-25-19-30(29-34(33)39-3)20-26-35(37)41-28-18-15-9-7-5-2/h19-26,29H,4-18,27-28H2,1-3H3/b26-20+. The molecule has 0 aromatic heterocycles. The number of benzene rings is 2. The number of methoxy groups -OCH3 is 1. The third-order valence-corrected chi connectivity index (χ3v) is 7.15. The van der Waals surface area contributed by atoms with Gasteiger partial charge in [0.15, 0.2) is 11.5 Å². The van der Waals surface area contributed by atoms with Gasteiger partial charge in [0.25, 0.3) is 0 Å². The van der Waals surface area contributed by atoms with Crippen LogP contribution in [0.4, 0.5) is 0 Å². The van der Waals surface area contributed by atoms with Crippen LogP contribution in [-0.2, 0) is 9.53 Å². The van der Waals surface area contributed by atoms with E-state index in [0.717, 1.165) is 30.6 Å². The highest BCUT2D eigenvalue weighted by Crippen LogP contribution is 2.29. The molecule has 0 saturated carbocycles. The van der Waals surface area contributed by atoms with E-state index in [1.807, 2.05) is 0 Å². The molecular formula is C36H52O6. The molecule has 232 valence electrons. The van der Waals surface area contributed by atoms with Crippen molar-refractivity contribution >= 4 is 18.0 Å². The third kappa shape index (κ3) is 15.1. The highest BCUT2D eigenvalue weighted by molar-refractivity contribution is 5.91. The van der Waals surface area contributed by atoms with Crippen LogP contribution < -0.4 is 14.2 Å². The van der Waals surface area contributed by atoms with Gasteiger partial charge in [-0.15, -0.1) is 0 Å². The largest absolute Gasteiger partial charge is 0.494 e. The van der Waals surface area contributed by atoms with E-state index in [4.69, 9.17) is 18.9 Å². The van der Waals surface area contributed by atoms with Gasteiger partial charge in [-0.05, 0) is 60.9 Å². The van der Waals surface area contributed by atoms with Crippen LogP contribution in [0.1, 0.15) is 126 Å². The Hall–Kier alpha value is -3.28. The quantitative estimate of drug-likeness (QED) is 0.0564. The van der Waals surface area contributed by atoms with Gasteiger partial charge in [-0.25, -0.2) is 9.59 Å². The second kappa shape index (κ2) is 22.3. The van der Waals surface area contributed by atoms with Crippen molar-refractivity contribution in [3.05, 3.63) is 59.7 Å². The SMILES string of the molecule is CCCCCCCCCCCCOc1ccc(C(=O)Oc2ccc(/C=C/C(=O)OCCCCCCC)cc2OC)cc1. The lowest BCUT2D eigenvalue weighted by atomic mass is 10.1. The monoisotopic (exact) mass is 580 g/mol. The highest BCUT2D eigenvalue weighted by atomic mass is 16.6. The maximum Gasteiger partial charge on any atom is 0.343 e. The fraction of sp³-hybridized carbons (Fsp3) is 0.556. The number of ether oxygens (including phenoxy) is 4. The molecule has 2 aromatic rings. The summed E-state index contributed by atoms with van der Waals surface area (Å²) in [6.07, 6.45) is 21.4. The zero-order valence-electron chi connectivity index (χ0n) is 26.2. The Morgan fingerprint density at radius 2 is 1.24 bits per heavy atom. The van der Waals surface area contributed by atoms with Crippen LogP contribution in [0.3, 0.4) is 0 Å². The van der Waals surface area contributed by atoms with Crippen molar-refractivity contribution in [2.24, 2.45) is 0 Å². The van der Waals surface area contributed by atoms with Crippen molar-refractivity contribution in [3.63, 3.8) is 0 Å². The fourth-order valence-corrected chi connectivity index (χ4v) is 4.59. The summed E-state index contributed by atoms with van der Waals surface area (Å²) >= 11 is 0. The molecule has 0 heterocycles. The zero-order chi connectivity index (χ0) is 30.3. The van der Waals surface area contributed by atoms with Gasteiger partial charge in [0.05, 0.1) is 25.9 Å². The highest BCUT2D eigenvalue weighted by Gasteiger charge is 2.13. The van der Waals surface area contributed by atoms with Gasteiger partial charge in [0.1, 0.15) is 5.75 Å². The van der Waals surface area contributed by atoms with E-state index in [-0.39, 0.29) is 5.97 Å². The molecule has 0 fully saturated rings. The molecular weight excluding hydrogens is 528 g/mol. The Kier molecular flexibility index (Phi) is 18.6. The van der Waals surface area contributed by atoms with Crippen molar-refractivity contribution in [3.8, 4) is 17.2 Å². The predicted octanol–water partition coefficient (Wildman–Crippen LogP) is 9.74. The number of carbonyl (C=O) groups is 2. The first-order chi connectivity index (χ1) is 20.6. The number of carbonyl (C=O) groups excluding carboxylic acids is 2. The lowest BCUT2D eigenvalue weighted by Crippen LogP contribution is -2.09. The van der Waals surface area contributed by atoms with Crippen LogP contribution in [0, 0.1) is 0 Å². The molecule has 0 radical (unpaired) electrons. The summed E-state index contributed by atoms with van der Waals surface area (Å²) in [7, 11) is 1.51. The summed E-state index contributed by atoms with van der Waals surface area (Å²) in [6, 6.07) is 12.1. The molecule has 42 heavy (non-hydrogen) atoms. The molecule has 2 rings (SSSR count). The first-order valence-electron chi connectivity index (χ1n) is 16.0. The average molecular weight is 581 g/mol. The van der Waals surface area contributed by atoms with Crippen LogP contribution in [0.15, 0.2) is 48.5 Å². The minimum atomic E-state index is -0.486. The molecule has 0 unspecified atom stereocenters. The zero-order valence-corrected chi connectivity index (χ0v) is 26.2. The molecule has 2 aromatic carbocycles. The van der Waals surface area contributed by atoms with Gasteiger partial charge < -0.3 is 18.9 Å². The Balaban J connectivity index is 1.72. The lowest BCUT2D eigenvalue weighted by Gasteiger charge is -2.11. The van der Waals surface area contributed by atoms with Crippen LogP contribution in [0.5, 0.6) is 17.2 Å². The van der Waals surface area contributed by atoms with Gasteiger partial charge >= 0.3 is 11.9 Å². The third-order valence-electron chi connectivity index (χ3n) is 7.15. The Labute approximate surface area is 253 Å². The molecule has 0 atom stereocenters. The first-order valence-corrected chi connectivity index (χ1v) is 16.0. The van der Waals surface area contributed by atoms with Gasteiger partial charge in [0.2, 0.25) is 0 Å². The Bertz CT molecular complexity index is 1040. The first kappa shape index (κ1) is 34.9. The van der Waals surface area contributed by atoms with Gasteiger partial charge in [-0.1, -0.05) is 103 Å². The number of esters is 2. The van der Waals surface area contributed by atoms with E-state index in [0.29, 0.717) is 30.3 Å². The molecule has 6 nitrogen and oxygen atoms in total. The van der Waals surface area contributed by atoms with Crippen molar-refractivity contribution in [2.75, 3.05) is 20.3 Å². The topological polar surface area (TPSA) is 71.1 Å². The van der Waals surface area contributed by atoms with Crippen LogP contribution >= 0.6 is 0 Å². The van der Waals surface area contributed by atoms with Crippen molar-refractivity contribution in [1.29, 1.82) is 0 Å². The minimum Gasteiger partial charge on any atom is -0.494 e. The van der Waals surface area contributed by atoms with Crippen LogP contribution in [0.25, 0.3) is 6.08 Å². The fourth-order valence-electron chi connectivity index (χ4n) is 4.59. The van der Waals surface area contributed by atoms with E-state index in [1.165, 1.54) is 90.2 Å². The van der Waals surface area contributed by atoms with Gasteiger partial charge in [-0.2, -0.15) is 0 Å². The van der Waals surface area contributed by atoms with Gasteiger partial charge in [0, 0.05) is 6.08 Å². The summed E-state index contributed by atoms with van der Waals surface area (Å²) in [5, 5.41) is 0. The predicted molar refractivity (Wildman–Crippen MR) is 170 cm³/mol. The van der Waals surface area contributed by atoms with Crippen molar-refractivity contribution in [1.82, 2.24) is 0 Å². The van der Waals surface area contributed by atoms with E-state index >= 15 is 0 Å². The molecule has 0 spiro atoms. The molecule has 0 saturated heterocycles. The van der Waals surface area contributed by atoms with E-state index in [2.05, 4.69) is 13.8 Å². The minimum absolute atomic E-state index is 0.301. The summed E-state index contributed by atoms with van der Waals surface area (Å²) in [5.41, 5.74) is 1.15. The van der Waals surface area contributed by atoms with Crippen molar-refractivity contribution in [2.45, 2.75) is 110 Å². The van der Waals surface area contributed by atoms with Crippen molar-refractivity contribution < 1.29 is 28.5 Å². The summed E-state index contributed by atoms with van der Waals surface area (Å²) in [6.45, 7) is 5.53. The summed E-state index contributed by atoms with van der Waals surface area (Å²) < 4.78 is 22.1. The lowest BCUT2D eigenvalue weighted by molar-refractivity contribution is -0.137. The smallest absolute Gasteiger partial charge is 0.343 e. The van der Waals surface area contributed by atoms with E-state index in [9.17, 15) is 9.59 Å². The Morgan fingerprint density at radius 1 is 0.667 bits per heavy atom. The number of rotatable bonds is 23. The summed E-state index contributed by atoms with van der Waals surface area (Å²) in [4.78, 5) is 24.7. The van der Waals surface area contributed by atoms with Crippen LogP contribution in [0.2, 0.25) is 0 Å². The maximum absolute atomic E-state index is 12.7. The van der Waals surface area contributed by atoms with E-state index in [1.54, 1.807) is 48.5 Å². The molecule has 6 heteroatoms. The molecule has 0 aliphatic heterocycles. The average Bonchev–Trinajstić information content (AvgIpc) is 3.01. The number of hydrogen-bond donors (Lipinski definition) is 0. The number of unbranched alkanes of at least 4 members (excludes halogenated alkanes) is 13. The number of hydrogen-bond acceptors (Lipinski definition) is 6. The summed E-state index contributed by atoms with van der Waals surface area (Å²) in [5.74, 6) is 0.573. The molecule has 0 bridgehead atoms. The van der Waals surface area contributed by atoms with Gasteiger partial charge in [-0.3, -0.25) is 0 Å². The van der Waals surface area contributed by atoms with Crippen LogP contribution in [-0.4, -0.2) is 32.3 Å². The Morgan fingerprint density at radius 3 is 1.83 bits per heavy atom. The van der Waals surface area contributed by atoms with E-state index < -0.39 is 5.97 Å². The second-order valence-corrected chi connectivity index (χ2v) is 10.8. The maximum atomic E-state index is 12.7. The molecule has 0 aliphatic rings. The second-order valence-electron chi connectivity index (χ2n) is 10.8. The normalized spacial score (nSPS) is 11.0. The molecule has 0 amide bonds. The molecule has 0 aliphatic carbocycles. The molecule has 0 N–H and O–H groups in total.